The van der Waals surface area contributed by atoms with Crippen LogP contribution in [0.1, 0.15) is 123 Å². The van der Waals surface area contributed by atoms with Crippen LogP contribution in [0.3, 0.4) is 0 Å². The second-order valence-electron chi connectivity index (χ2n) is 13.3. The van der Waals surface area contributed by atoms with Crippen molar-refractivity contribution in [3.8, 4) is 0 Å². The Bertz CT molecular complexity index is 1080. The van der Waals surface area contributed by atoms with Crippen LogP contribution in [0.5, 0.6) is 0 Å². The van der Waals surface area contributed by atoms with Crippen LogP contribution in [0.2, 0.25) is 0 Å². The molecule has 0 spiro atoms. The Morgan fingerprint density at radius 2 is 1.19 bits per heavy atom. The first kappa shape index (κ1) is 47.4. The molecular weight excluding hydrogens is 658 g/mol. The van der Waals surface area contributed by atoms with Gasteiger partial charge in [-0.3, -0.25) is 4.79 Å². The van der Waals surface area contributed by atoms with Gasteiger partial charge in [0.1, 0.15) is 24.4 Å². The monoisotopic (exact) mass is 730 g/mol. The molecule has 296 valence electrons. The molecule has 1 fully saturated rings. The van der Waals surface area contributed by atoms with Gasteiger partial charge in [0, 0.05) is 6.42 Å². The molecule has 9 heteroatoms. The minimum atomic E-state index is -1.58. The van der Waals surface area contributed by atoms with Gasteiger partial charge in [-0.2, -0.15) is 0 Å². The van der Waals surface area contributed by atoms with Crippen molar-refractivity contribution in [3.05, 3.63) is 85.1 Å². The summed E-state index contributed by atoms with van der Waals surface area (Å²) in [6, 6.07) is -0.847. The first-order chi connectivity index (χ1) is 25.3. The van der Waals surface area contributed by atoms with Crippen LogP contribution >= 0.6 is 0 Å². The summed E-state index contributed by atoms with van der Waals surface area (Å²) in [5, 5.41) is 53.8. The molecule has 1 aliphatic heterocycles. The maximum atomic E-state index is 12.8. The van der Waals surface area contributed by atoms with Gasteiger partial charge in [0.15, 0.2) is 6.29 Å². The summed E-state index contributed by atoms with van der Waals surface area (Å²) in [5.74, 6) is -0.266. The number of hydrogen-bond donors (Lipinski definition) is 6. The molecule has 1 saturated heterocycles. The molecular formula is C43H71NO8. The zero-order valence-corrected chi connectivity index (χ0v) is 32.0. The van der Waals surface area contributed by atoms with E-state index in [1.807, 2.05) is 18.2 Å². The van der Waals surface area contributed by atoms with Crippen molar-refractivity contribution >= 4 is 5.91 Å². The van der Waals surface area contributed by atoms with Crippen LogP contribution in [0, 0.1) is 0 Å². The largest absolute Gasteiger partial charge is 0.394 e. The topological polar surface area (TPSA) is 149 Å². The van der Waals surface area contributed by atoms with Gasteiger partial charge in [0.05, 0.1) is 25.4 Å². The average molecular weight is 730 g/mol. The van der Waals surface area contributed by atoms with E-state index in [1.165, 1.54) is 38.5 Å². The van der Waals surface area contributed by atoms with Gasteiger partial charge in [-0.05, 0) is 57.8 Å². The lowest BCUT2D eigenvalue weighted by Gasteiger charge is -2.40. The average Bonchev–Trinajstić information content (AvgIpc) is 3.14. The first-order valence-corrected chi connectivity index (χ1v) is 19.8. The van der Waals surface area contributed by atoms with Crippen LogP contribution in [0.15, 0.2) is 85.1 Å². The van der Waals surface area contributed by atoms with E-state index in [0.29, 0.717) is 6.42 Å². The van der Waals surface area contributed by atoms with E-state index in [0.717, 1.165) is 57.8 Å². The summed E-state index contributed by atoms with van der Waals surface area (Å²) >= 11 is 0. The fraction of sp³-hybridized carbons (Fsp3) is 0.651. The number of rotatable bonds is 30. The highest BCUT2D eigenvalue weighted by atomic mass is 16.7. The third kappa shape index (κ3) is 23.8. The zero-order valence-electron chi connectivity index (χ0n) is 32.0. The number of allylic oxidation sites excluding steroid dienone is 13. The van der Waals surface area contributed by atoms with Crippen LogP contribution in [-0.4, -0.2) is 87.5 Å². The highest BCUT2D eigenvalue weighted by Gasteiger charge is 2.44. The Morgan fingerprint density at radius 1 is 0.673 bits per heavy atom. The molecule has 0 aliphatic carbocycles. The third-order valence-electron chi connectivity index (χ3n) is 8.74. The summed E-state index contributed by atoms with van der Waals surface area (Å²) in [4.78, 5) is 12.8. The number of carbonyl (C=O) groups is 1. The summed E-state index contributed by atoms with van der Waals surface area (Å²) in [7, 11) is 0. The quantitative estimate of drug-likeness (QED) is 0.0336. The van der Waals surface area contributed by atoms with Crippen LogP contribution in [0.4, 0.5) is 0 Å². The van der Waals surface area contributed by atoms with Gasteiger partial charge < -0.3 is 40.3 Å². The number of aliphatic hydroxyl groups is 5. The molecule has 0 aromatic carbocycles. The lowest BCUT2D eigenvalue weighted by molar-refractivity contribution is -0.302. The molecule has 0 aromatic heterocycles. The predicted octanol–water partition coefficient (Wildman–Crippen LogP) is 7.21. The summed E-state index contributed by atoms with van der Waals surface area (Å²) < 4.78 is 11.1. The van der Waals surface area contributed by atoms with E-state index >= 15 is 0 Å². The molecule has 1 amide bonds. The van der Waals surface area contributed by atoms with Crippen molar-refractivity contribution in [1.29, 1.82) is 0 Å². The zero-order chi connectivity index (χ0) is 38.1. The van der Waals surface area contributed by atoms with E-state index in [2.05, 4.69) is 79.9 Å². The number of nitrogens with one attached hydrogen (secondary N) is 1. The SMILES string of the molecule is CC/C=C\C/C=C\C/C=C\C/C=C\C/C=C\C/C=C\CCC(=O)NC(COC1OC(CO)C(O)C(O)C1O)C(O)/C=C/CCCCCCCCCC. The summed E-state index contributed by atoms with van der Waals surface area (Å²) in [6.45, 7) is 3.55. The van der Waals surface area contributed by atoms with Crippen LogP contribution in [-0.2, 0) is 14.3 Å². The predicted molar refractivity (Wildman–Crippen MR) is 211 cm³/mol. The Labute approximate surface area is 314 Å². The second kappa shape index (κ2) is 33.0. The van der Waals surface area contributed by atoms with Gasteiger partial charge in [-0.25, -0.2) is 0 Å². The first-order valence-electron chi connectivity index (χ1n) is 19.8. The molecule has 1 heterocycles. The fourth-order valence-corrected chi connectivity index (χ4v) is 5.53. The maximum absolute atomic E-state index is 12.8. The van der Waals surface area contributed by atoms with Gasteiger partial charge in [-0.15, -0.1) is 0 Å². The van der Waals surface area contributed by atoms with Crippen molar-refractivity contribution in [2.45, 2.75) is 166 Å². The lowest BCUT2D eigenvalue weighted by atomic mass is 9.99. The molecule has 7 atom stereocenters. The molecule has 7 unspecified atom stereocenters. The molecule has 52 heavy (non-hydrogen) atoms. The summed E-state index contributed by atoms with van der Waals surface area (Å²) in [5.41, 5.74) is 0. The van der Waals surface area contributed by atoms with E-state index < -0.39 is 49.5 Å². The van der Waals surface area contributed by atoms with E-state index in [1.54, 1.807) is 6.08 Å². The fourth-order valence-electron chi connectivity index (χ4n) is 5.53. The van der Waals surface area contributed by atoms with Crippen molar-refractivity contribution in [3.63, 3.8) is 0 Å². The molecule has 0 radical (unpaired) electrons. The van der Waals surface area contributed by atoms with Gasteiger partial charge in [0.2, 0.25) is 5.91 Å². The van der Waals surface area contributed by atoms with E-state index in [-0.39, 0.29) is 18.9 Å². The van der Waals surface area contributed by atoms with E-state index in [4.69, 9.17) is 9.47 Å². The van der Waals surface area contributed by atoms with Crippen LogP contribution in [0.25, 0.3) is 0 Å². The molecule has 6 N–H and O–H groups in total. The van der Waals surface area contributed by atoms with E-state index in [9.17, 15) is 30.3 Å². The highest BCUT2D eigenvalue weighted by molar-refractivity contribution is 5.76. The number of amides is 1. The van der Waals surface area contributed by atoms with Crippen molar-refractivity contribution in [2.75, 3.05) is 13.2 Å². The van der Waals surface area contributed by atoms with Crippen molar-refractivity contribution in [1.82, 2.24) is 5.32 Å². The highest BCUT2D eigenvalue weighted by Crippen LogP contribution is 2.22. The molecule has 9 nitrogen and oxygen atoms in total. The number of carbonyl (C=O) groups excluding carboxylic acids is 1. The smallest absolute Gasteiger partial charge is 0.220 e. The summed E-state index contributed by atoms with van der Waals surface area (Å²) in [6.07, 6.45) is 37.8. The molecule has 0 bridgehead atoms. The number of hydrogen-bond acceptors (Lipinski definition) is 8. The Balaban J connectivity index is 2.49. The standard InChI is InChI=1S/C43H71NO8/c1-3-5-7-9-11-13-15-16-17-18-19-20-21-22-23-25-27-29-31-33-39(47)44-36(35-51-43-42(50)41(49)40(48)38(34-45)52-43)37(46)32-30-28-26-24-14-12-10-8-6-4-2/h5,7,11,13,16-17,19-20,22-23,27,29-30,32,36-38,40-43,45-46,48-50H,3-4,6,8-10,12,14-15,18,21,24-26,28,31,33-35H2,1-2H3,(H,44,47)/b7-5-,13-11-,17-16-,20-19-,23-22-,29-27-,32-30+. The molecule has 0 aromatic rings. The van der Waals surface area contributed by atoms with Gasteiger partial charge in [0.25, 0.3) is 0 Å². The lowest BCUT2D eigenvalue weighted by Crippen LogP contribution is -2.60. The maximum Gasteiger partial charge on any atom is 0.220 e. The third-order valence-corrected chi connectivity index (χ3v) is 8.74. The number of ether oxygens (including phenoxy) is 2. The number of aliphatic hydroxyl groups excluding tert-OH is 5. The number of unbranched alkanes of at least 4 members (excludes halogenated alkanes) is 8. The molecule has 0 saturated carbocycles. The van der Waals surface area contributed by atoms with Gasteiger partial charge >= 0.3 is 0 Å². The second-order valence-corrected chi connectivity index (χ2v) is 13.3. The van der Waals surface area contributed by atoms with Crippen molar-refractivity contribution < 1.29 is 39.8 Å². The normalized spacial score (nSPS) is 22.8. The minimum Gasteiger partial charge on any atom is -0.394 e. The Hall–Kier alpha value is -2.63. The molecule has 1 rings (SSSR count). The van der Waals surface area contributed by atoms with Gasteiger partial charge in [-0.1, -0.05) is 144 Å². The van der Waals surface area contributed by atoms with Crippen molar-refractivity contribution in [2.24, 2.45) is 0 Å². The van der Waals surface area contributed by atoms with Crippen LogP contribution < -0.4 is 5.32 Å². The Morgan fingerprint density at radius 3 is 1.73 bits per heavy atom. The molecule has 1 aliphatic rings. The minimum absolute atomic E-state index is 0.216. The Kier molecular flexibility index (Phi) is 30.1.